The zero-order valence-corrected chi connectivity index (χ0v) is 24.8. The highest BCUT2D eigenvalue weighted by Crippen LogP contribution is 2.25. The fourth-order valence-electron chi connectivity index (χ4n) is 4.68. The summed E-state index contributed by atoms with van der Waals surface area (Å²) in [6.45, 7) is 7.91. The molecule has 0 aliphatic carbocycles. The lowest BCUT2D eigenvalue weighted by Crippen LogP contribution is -2.09. The van der Waals surface area contributed by atoms with Crippen molar-refractivity contribution in [2.45, 2.75) is 97.5 Å². The molecule has 3 aromatic carbocycles. The molecule has 0 radical (unpaired) electrons. The van der Waals surface area contributed by atoms with E-state index in [0.717, 1.165) is 41.9 Å². The zero-order valence-electron chi connectivity index (χ0n) is 24.8. The first kappa shape index (κ1) is 31.4. The molecule has 4 heteroatoms. The summed E-state index contributed by atoms with van der Waals surface area (Å²) in [5.74, 6) is 1.03. The summed E-state index contributed by atoms with van der Waals surface area (Å²) >= 11 is 0. The third-order valence-corrected chi connectivity index (χ3v) is 7.21. The number of carbonyl (C=O) groups excluding carboxylic acids is 1. The minimum absolute atomic E-state index is 0.00320. The molecule has 0 spiro atoms. The number of hydrogen-bond donors (Lipinski definition) is 0. The fourth-order valence-corrected chi connectivity index (χ4v) is 4.68. The molecule has 4 nitrogen and oxygen atoms in total. The molecular formula is C36H48O4. The second-order valence-corrected chi connectivity index (χ2v) is 10.6. The Labute approximate surface area is 242 Å². The third kappa shape index (κ3) is 11.2. The molecular weight excluding hydrogens is 496 g/mol. The number of hydrogen-bond acceptors (Lipinski definition) is 4. The van der Waals surface area contributed by atoms with Gasteiger partial charge < -0.3 is 14.2 Å². The smallest absolute Gasteiger partial charge is 0.343 e. The predicted octanol–water partition coefficient (Wildman–Crippen LogP) is 10.4. The summed E-state index contributed by atoms with van der Waals surface area (Å²) in [5, 5.41) is 0. The van der Waals surface area contributed by atoms with E-state index >= 15 is 0 Å². The van der Waals surface area contributed by atoms with Gasteiger partial charge in [0.25, 0.3) is 0 Å². The van der Waals surface area contributed by atoms with Gasteiger partial charge in [-0.2, -0.15) is 0 Å². The van der Waals surface area contributed by atoms with Crippen LogP contribution in [0.5, 0.6) is 11.5 Å². The van der Waals surface area contributed by atoms with Gasteiger partial charge in [0.05, 0.1) is 18.3 Å². The van der Waals surface area contributed by atoms with Gasteiger partial charge in [-0.3, -0.25) is 0 Å². The van der Waals surface area contributed by atoms with Crippen LogP contribution in [-0.4, -0.2) is 19.2 Å². The number of carbonyl (C=O) groups is 1. The highest BCUT2D eigenvalue weighted by atomic mass is 16.5. The first-order valence-corrected chi connectivity index (χ1v) is 15.4. The van der Waals surface area contributed by atoms with Gasteiger partial charge in [-0.15, -0.1) is 0 Å². The van der Waals surface area contributed by atoms with Gasteiger partial charge in [0.15, 0.2) is 0 Å². The second-order valence-electron chi connectivity index (χ2n) is 10.6. The van der Waals surface area contributed by atoms with E-state index in [1.807, 2.05) is 72.8 Å². The van der Waals surface area contributed by atoms with E-state index in [0.29, 0.717) is 17.9 Å². The van der Waals surface area contributed by atoms with Gasteiger partial charge >= 0.3 is 5.97 Å². The van der Waals surface area contributed by atoms with Gasteiger partial charge in [-0.25, -0.2) is 4.79 Å². The topological polar surface area (TPSA) is 44.8 Å². The van der Waals surface area contributed by atoms with E-state index in [1.165, 1.54) is 57.8 Å². The van der Waals surface area contributed by atoms with E-state index < -0.39 is 0 Å². The van der Waals surface area contributed by atoms with Crippen LogP contribution in [0.3, 0.4) is 0 Å². The second kappa shape index (κ2) is 18.3. The Balaban J connectivity index is 1.36. The summed E-state index contributed by atoms with van der Waals surface area (Å²) in [5.41, 5.74) is 3.73. The summed E-state index contributed by atoms with van der Waals surface area (Å²) in [6, 6.07) is 23.1. The molecule has 1 atom stereocenters. The summed E-state index contributed by atoms with van der Waals surface area (Å²) in [6.07, 6.45) is 14.2. The standard InChI is InChI=1S/C36H48O4/c1-4-6-7-8-9-10-11-12-13-14-28-38-29(3)30-15-17-33(18-16-30)36(37)40-35-25-21-32(22-26-35)31-19-23-34(24-20-31)39-27-5-2/h15-26,29H,4-14,27-28H2,1-3H3. The van der Waals surface area contributed by atoms with Gasteiger partial charge in [-0.1, -0.05) is 108 Å². The van der Waals surface area contributed by atoms with Crippen molar-refractivity contribution in [3.8, 4) is 22.6 Å². The van der Waals surface area contributed by atoms with E-state index in [2.05, 4.69) is 20.8 Å². The van der Waals surface area contributed by atoms with Crippen LogP contribution in [0, 0.1) is 0 Å². The number of unbranched alkanes of at least 4 members (excludes halogenated alkanes) is 9. The van der Waals surface area contributed by atoms with Crippen LogP contribution < -0.4 is 9.47 Å². The molecule has 0 bridgehead atoms. The third-order valence-electron chi connectivity index (χ3n) is 7.21. The van der Waals surface area contributed by atoms with Crippen molar-refractivity contribution >= 4 is 5.97 Å². The first-order valence-electron chi connectivity index (χ1n) is 15.4. The molecule has 3 rings (SSSR count). The zero-order chi connectivity index (χ0) is 28.4. The molecule has 0 aliphatic heterocycles. The lowest BCUT2D eigenvalue weighted by molar-refractivity contribution is 0.0626. The molecule has 3 aromatic rings. The quantitative estimate of drug-likeness (QED) is 0.0855. The average Bonchev–Trinajstić information content (AvgIpc) is 2.99. The Kier molecular flexibility index (Phi) is 14.4. The fraction of sp³-hybridized carbons (Fsp3) is 0.472. The Morgan fingerprint density at radius 1 is 0.600 bits per heavy atom. The molecule has 0 saturated carbocycles. The monoisotopic (exact) mass is 544 g/mol. The van der Waals surface area contributed by atoms with Crippen molar-refractivity contribution in [1.82, 2.24) is 0 Å². The van der Waals surface area contributed by atoms with Gasteiger partial charge in [0.1, 0.15) is 11.5 Å². The largest absolute Gasteiger partial charge is 0.494 e. The summed E-state index contributed by atoms with van der Waals surface area (Å²) in [7, 11) is 0. The van der Waals surface area contributed by atoms with Crippen molar-refractivity contribution in [2.24, 2.45) is 0 Å². The maximum Gasteiger partial charge on any atom is 0.343 e. The van der Waals surface area contributed by atoms with E-state index in [1.54, 1.807) is 0 Å². The van der Waals surface area contributed by atoms with Gasteiger partial charge in [0.2, 0.25) is 0 Å². The van der Waals surface area contributed by atoms with Crippen LogP contribution in [0.1, 0.15) is 113 Å². The number of benzene rings is 3. The molecule has 0 aliphatic rings. The van der Waals surface area contributed by atoms with Gasteiger partial charge in [-0.05, 0) is 72.9 Å². The minimum atomic E-state index is -0.365. The van der Waals surface area contributed by atoms with Crippen LogP contribution in [0.25, 0.3) is 11.1 Å². The molecule has 0 amide bonds. The van der Waals surface area contributed by atoms with Crippen molar-refractivity contribution in [2.75, 3.05) is 13.2 Å². The maximum absolute atomic E-state index is 12.7. The summed E-state index contributed by atoms with van der Waals surface area (Å²) < 4.78 is 17.3. The van der Waals surface area contributed by atoms with E-state index in [9.17, 15) is 4.79 Å². The Morgan fingerprint density at radius 2 is 1.12 bits per heavy atom. The Bertz CT molecular complexity index is 1090. The van der Waals surface area contributed by atoms with E-state index in [4.69, 9.17) is 14.2 Å². The Morgan fingerprint density at radius 3 is 1.68 bits per heavy atom. The molecule has 216 valence electrons. The maximum atomic E-state index is 12.7. The van der Waals surface area contributed by atoms with Crippen LogP contribution in [-0.2, 0) is 4.74 Å². The van der Waals surface area contributed by atoms with Crippen molar-refractivity contribution in [3.63, 3.8) is 0 Å². The van der Waals surface area contributed by atoms with Gasteiger partial charge in [0, 0.05) is 6.61 Å². The molecule has 0 heterocycles. The first-order chi connectivity index (χ1) is 19.6. The minimum Gasteiger partial charge on any atom is -0.494 e. The molecule has 0 saturated heterocycles. The van der Waals surface area contributed by atoms with Crippen LogP contribution in [0.15, 0.2) is 72.8 Å². The number of ether oxygens (including phenoxy) is 3. The van der Waals surface area contributed by atoms with Crippen LogP contribution in [0.2, 0.25) is 0 Å². The molecule has 0 N–H and O–H groups in total. The summed E-state index contributed by atoms with van der Waals surface area (Å²) in [4.78, 5) is 12.7. The van der Waals surface area contributed by atoms with E-state index in [-0.39, 0.29) is 12.1 Å². The molecule has 1 unspecified atom stereocenters. The molecule has 0 aromatic heterocycles. The predicted molar refractivity (Wildman–Crippen MR) is 165 cm³/mol. The van der Waals surface area contributed by atoms with Crippen molar-refractivity contribution < 1.29 is 19.0 Å². The number of esters is 1. The van der Waals surface area contributed by atoms with Crippen molar-refractivity contribution in [3.05, 3.63) is 83.9 Å². The highest BCUT2D eigenvalue weighted by molar-refractivity contribution is 5.91. The molecule has 0 fully saturated rings. The van der Waals surface area contributed by atoms with Crippen LogP contribution in [0.4, 0.5) is 0 Å². The lowest BCUT2D eigenvalue weighted by atomic mass is 10.1. The molecule has 40 heavy (non-hydrogen) atoms. The Hall–Kier alpha value is -3.11. The highest BCUT2D eigenvalue weighted by Gasteiger charge is 2.11. The number of rotatable bonds is 19. The SMILES string of the molecule is CCCCCCCCCCCCOC(C)c1ccc(C(=O)Oc2ccc(-c3ccc(OCCC)cc3)cc2)cc1. The lowest BCUT2D eigenvalue weighted by Gasteiger charge is -2.14. The average molecular weight is 545 g/mol. The van der Waals surface area contributed by atoms with Crippen molar-refractivity contribution in [1.29, 1.82) is 0 Å². The normalized spacial score (nSPS) is 11.8. The van der Waals surface area contributed by atoms with Crippen LogP contribution >= 0.6 is 0 Å².